The zero-order chi connectivity index (χ0) is 24.3. The van der Waals surface area contributed by atoms with E-state index in [0.29, 0.717) is 12.0 Å². The van der Waals surface area contributed by atoms with Gasteiger partial charge in [0.1, 0.15) is 29.4 Å². The fraction of sp³-hybridized carbons (Fsp3) is 0.542. The molecule has 1 heterocycles. The Labute approximate surface area is 197 Å². The van der Waals surface area contributed by atoms with Gasteiger partial charge in [-0.1, -0.05) is 32.0 Å². The van der Waals surface area contributed by atoms with Crippen LogP contribution >= 0.6 is 11.8 Å². The van der Waals surface area contributed by atoms with Crippen molar-refractivity contribution in [2.75, 3.05) is 12.9 Å². The Bertz CT molecular complexity index is 943. The summed E-state index contributed by atoms with van der Waals surface area (Å²) in [6, 6.07) is 7.49. The number of hydrogen-bond acceptors (Lipinski definition) is 9. The number of carbonyl (C=O) groups excluding carboxylic acids is 2. The number of allylic oxidation sites excluding steroid dienone is 2. The van der Waals surface area contributed by atoms with Crippen LogP contribution in [0.2, 0.25) is 0 Å². The average Bonchev–Trinajstić information content (AvgIpc) is 2.75. The van der Waals surface area contributed by atoms with Crippen LogP contribution < -0.4 is 0 Å². The molecule has 8 nitrogen and oxygen atoms in total. The number of nitrogens with zero attached hydrogens (tertiary/aromatic N) is 1. The zero-order valence-electron chi connectivity index (χ0n) is 19.2. The third-order valence-corrected chi connectivity index (χ3v) is 6.72. The van der Waals surface area contributed by atoms with E-state index in [1.807, 2.05) is 13.8 Å². The molecule has 0 amide bonds. The quantitative estimate of drug-likeness (QED) is 0.422. The molecule has 5 atom stereocenters. The number of carbonyl (C=O) groups is 2. The van der Waals surface area contributed by atoms with Crippen LogP contribution in [0.4, 0.5) is 0 Å². The number of aliphatic hydroxyl groups is 3. The number of esters is 1. The lowest BCUT2D eigenvalue weighted by Crippen LogP contribution is -2.58. The average molecular weight is 478 g/mol. The van der Waals surface area contributed by atoms with Crippen LogP contribution in [-0.2, 0) is 14.3 Å². The number of thioether (sulfide) groups is 1. The standard InChI is InChI=1S/C24H31NO7S/c1-13(18-15(27)10-24(2,3)11-16(18)28)25-19-21(20(29)17(12-26)31-23(19)33-4)32-22(30)14-8-6-5-7-9-14/h5-9,17,19-21,23,26-27,29H,10-12H2,1-4H3/t17-,19-,20-,21-,23+/m1/s1. The Hall–Kier alpha value is -2.20. The van der Waals surface area contributed by atoms with E-state index in [2.05, 4.69) is 4.99 Å². The van der Waals surface area contributed by atoms with Crippen molar-refractivity contribution in [3.8, 4) is 0 Å². The van der Waals surface area contributed by atoms with Crippen LogP contribution in [0.3, 0.4) is 0 Å². The molecule has 3 rings (SSSR count). The van der Waals surface area contributed by atoms with Gasteiger partial charge in [0, 0.05) is 18.6 Å². The molecule has 0 bridgehead atoms. The number of Topliss-reactive ketones (excluding diaryl/α,β-unsaturated/α-hetero) is 1. The topological polar surface area (TPSA) is 126 Å². The van der Waals surface area contributed by atoms with Gasteiger partial charge in [-0.3, -0.25) is 9.79 Å². The molecule has 1 aromatic carbocycles. The Morgan fingerprint density at radius 1 is 1.27 bits per heavy atom. The highest BCUT2D eigenvalue weighted by molar-refractivity contribution is 7.99. The van der Waals surface area contributed by atoms with E-state index in [4.69, 9.17) is 9.47 Å². The van der Waals surface area contributed by atoms with Crippen LogP contribution in [0.5, 0.6) is 0 Å². The van der Waals surface area contributed by atoms with Crippen molar-refractivity contribution in [3.05, 3.63) is 47.2 Å². The molecule has 0 aromatic heterocycles. The van der Waals surface area contributed by atoms with Crippen LogP contribution in [0.1, 0.15) is 44.0 Å². The van der Waals surface area contributed by atoms with Gasteiger partial charge < -0.3 is 24.8 Å². The summed E-state index contributed by atoms with van der Waals surface area (Å²) in [5, 5.41) is 31.1. The van der Waals surface area contributed by atoms with Crippen molar-refractivity contribution >= 4 is 29.2 Å². The summed E-state index contributed by atoms with van der Waals surface area (Å²) in [5.41, 5.74) is -0.259. The molecular formula is C24H31NO7S. The summed E-state index contributed by atoms with van der Waals surface area (Å²) in [5.74, 6) is -0.885. The van der Waals surface area contributed by atoms with Crippen molar-refractivity contribution in [1.82, 2.24) is 0 Å². The normalized spacial score (nSPS) is 30.3. The maximum atomic E-state index is 12.8. The van der Waals surface area contributed by atoms with E-state index in [9.17, 15) is 24.9 Å². The van der Waals surface area contributed by atoms with E-state index < -0.39 is 42.4 Å². The van der Waals surface area contributed by atoms with Crippen molar-refractivity contribution in [2.24, 2.45) is 10.4 Å². The van der Waals surface area contributed by atoms with Gasteiger partial charge in [0.05, 0.1) is 17.7 Å². The molecule has 1 aliphatic carbocycles. The first kappa shape index (κ1) is 25.4. The largest absolute Gasteiger partial charge is 0.511 e. The van der Waals surface area contributed by atoms with E-state index in [0.717, 1.165) is 0 Å². The predicted molar refractivity (Wildman–Crippen MR) is 125 cm³/mol. The van der Waals surface area contributed by atoms with Gasteiger partial charge in [-0.15, -0.1) is 11.8 Å². The van der Waals surface area contributed by atoms with E-state index in [1.54, 1.807) is 43.5 Å². The van der Waals surface area contributed by atoms with Crippen molar-refractivity contribution in [3.63, 3.8) is 0 Å². The molecule has 0 spiro atoms. The Morgan fingerprint density at radius 2 is 1.94 bits per heavy atom. The number of hydrogen-bond donors (Lipinski definition) is 3. The van der Waals surface area contributed by atoms with Gasteiger partial charge >= 0.3 is 5.97 Å². The van der Waals surface area contributed by atoms with Gasteiger partial charge in [0.15, 0.2) is 11.9 Å². The minimum Gasteiger partial charge on any atom is -0.511 e. The molecule has 0 radical (unpaired) electrons. The third-order valence-electron chi connectivity index (χ3n) is 5.86. The van der Waals surface area contributed by atoms with Gasteiger partial charge in [-0.25, -0.2) is 4.79 Å². The first-order valence-electron chi connectivity index (χ1n) is 10.8. The molecule has 0 saturated carbocycles. The number of ether oxygens (including phenoxy) is 2. The van der Waals surface area contributed by atoms with E-state index in [-0.39, 0.29) is 34.7 Å². The minimum absolute atomic E-state index is 0.0263. The lowest BCUT2D eigenvalue weighted by atomic mass is 9.75. The first-order valence-corrected chi connectivity index (χ1v) is 12.1. The van der Waals surface area contributed by atoms with E-state index >= 15 is 0 Å². The molecule has 3 N–H and O–H groups in total. The molecule has 33 heavy (non-hydrogen) atoms. The summed E-state index contributed by atoms with van der Waals surface area (Å²) < 4.78 is 11.5. The molecule has 1 saturated heterocycles. The maximum Gasteiger partial charge on any atom is 0.338 e. The molecule has 1 aromatic rings. The number of benzene rings is 1. The number of ketones is 1. The molecule has 2 aliphatic rings. The van der Waals surface area contributed by atoms with E-state index in [1.165, 1.54) is 11.8 Å². The number of aliphatic imine (C=N–C) groups is 1. The van der Waals surface area contributed by atoms with Crippen molar-refractivity contribution in [1.29, 1.82) is 0 Å². The second kappa shape index (κ2) is 10.4. The lowest BCUT2D eigenvalue weighted by molar-refractivity contribution is -0.167. The highest BCUT2D eigenvalue weighted by Gasteiger charge is 2.47. The lowest BCUT2D eigenvalue weighted by Gasteiger charge is -2.42. The Morgan fingerprint density at radius 3 is 2.52 bits per heavy atom. The van der Waals surface area contributed by atoms with Crippen LogP contribution in [0.25, 0.3) is 0 Å². The summed E-state index contributed by atoms with van der Waals surface area (Å²) in [6.45, 7) is 4.97. The minimum atomic E-state index is -1.34. The Balaban J connectivity index is 1.97. The summed E-state index contributed by atoms with van der Waals surface area (Å²) >= 11 is 1.29. The number of rotatable bonds is 6. The van der Waals surface area contributed by atoms with Crippen LogP contribution in [0, 0.1) is 5.41 Å². The highest BCUT2D eigenvalue weighted by atomic mass is 32.2. The maximum absolute atomic E-state index is 12.8. The van der Waals surface area contributed by atoms with Crippen molar-refractivity contribution < 1.29 is 34.4 Å². The monoisotopic (exact) mass is 477 g/mol. The van der Waals surface area contributed by atoms with Gasteiger partial charge in [-0.2, -0.15) is 0 Å². The first-order chi connectivity index (χ1) is 15.6. The zero-order valence-corrected chi connectivity index (χ0v) is 20.0. The molecule has 1 fully saturated rings. The summed E-state index contributed by atoms with van der Waals surface area (Å²) in [4.78, 5) is 30.1. The van der Waals surface area contributed by atoms with Gasteiger partial charge in [0.2, 0.25) is 0 Å². The second-order valence-electron chi connectivity index (χ2n) is 9.16. The van der Waals surface area contributed by atoms with Gasteiger partial charge in [0.25, 0.3) is 0 Å². The fourth-order valence-corrected chi connectivity index (χ4v) is 5.02. The van der Waals surface area contributed by atoms with Crippen molar-refractivity contribution in [2.45, 2.75) is 63.4 Å². The smallest absolute Gasteiger partial charge is 0.338 e. The third kappa shape index (κ3) is 5.66. The number of aliphatic hydroxyl groups excluding tert-OH is 3. The van der Waals surface area contributed by atoms with Crippen LogP contribution in [0.15, 0.2) is 46.7 Å². The second-order valence-corrected chi connectivity index (χ2v) is 10.1. The molecule has 9 heteroatoms. The molecule has 1 aliphatic heterocycles. The highest BCUT2D eigenvalue weighted by Crippen LogP contribution is 2.37. The molecule has 180 valence electrons. The fourth-order valence-electron chi connectivity index (χ4n) is 4.27. The molecular weight excluding hydrogens is 446 g/mol. The van der Waals surface area contributed by atoms with Crippen LogP contribution in [-0.4, -0.2) is 75.4 Å². The summed E-state index contributed by atoms with van der Waals surface area (Å²) in [7, 11) is 0. The molecule has 0 unspecified atom stereocenters. The van der Waals surface area contributed by atoms with Gasteiger partial charge in [-0.05, 0) is 30.7 Å². The SMILES string of the molecule is CS[C@@H]1O[C@H](CO)[C@@H](O)[C@H](OC(=O)c2ccccc2)[C@H]1N=C(C)C1=C(O)CC(C)(C)CC1=O. The Kier molecular flexibility index (Phi) is 8.00. The predicted octanol–water partition coefficient (Wildman–Crippen LogP) is 2.68. The summed E-state index contributed by atoms with van der Waals surface area (Å²) in [6.07, 6.45) is -1.04.